The van der Waals surface area contributed by atoms with Crippen LogP contribution in [0.4, 0.5) is 0 Å². The van der Waals surface area contributed by atoms with Crippen molar-refractivity contribution in [3.8, 4) is 101 Å². The van der Waals surface area contributed by atoms with Crippen LogP contribution in [0.1, 0.15) is 22.3 Å². The Balaban J connectivity index is 0.000000134. The second-order valence-electron chi connectivity index (χ2n) is 32.0. The van der Waals surface area contributed by atoms with Gasteiger partial charge in [-0.05, 0) is 241 Å². The van der Waals surface area contributed by atoms with Crippen LogP contribution in [0, 0.1) is 0 Å². The van der Waals surface area contributed by atoms with Crippen molar-refractivity contribution in [2.24, 2.45) is 0 Å². The normalized spacial score (nSPS) is 12.6. The molecule has 0 saturated carbocycles. The number of rotatable bonds is 8. The maximum absolute atomic E-state index is 6.29. The summed E-state index contributed by atoms with van der Waals surface area (Å²) in [7, 11) is 0. The van der Waals surface area contributed by atoms with Crippen LogP contribution in [0.25, 0.3) is 220 Å². The summed E-state index contributed by atoms with van der Waals surface area (Å²) in [5.41, 5.74) is 32.7. The predicted molar refractivity (Wildman–Crippen MR) is 501 cm³/mol. The molecule has 0 fully saturated rings. The van der Waals surface area contributed by atoms with Crippen LogP contribution < -0.4 is 0 Å². The van der Waals surface area contributed by atoms with Gasteiger partial charge >= 0.3 is 0 Å². The second kappa shape index (κ2) is 26.6. The SMILES string of the molecule is c1ccc(-n2c3ccccc3c3cc(-c4c5ccccc5c(-c5ccc(-c6ccc7c(c6)C6(c8ccccc8-c8ccccc86)c6ccccc6-7)nc5)c5ccccc45)ccc32)cc1.c1ccc(-n2c3ccccc3c3cc(-c4c5ccccc5c(-c5ccc(-c6ccc7oc8cc9ccccc9cc8c7c6)nc5)c5ccccc45)ccc32)cc1. The van der Waals surface area contributed by atoms with Crippen molar-refractivity contribution in [2.45, 2.75) is 5.41 Å². The van der Waals surface area contributed by atoms with Gasteiger partial charge in [0.15, 0.2) is 0 Å². The number of pyridine rings is 2. The van der Waals surface area contributed by atoms with Gasteiger partial charge in [0.25, 0.3) is 0 Å². The van der Waals surface area contributed by atoms with Crippen LogP contribution in [0.15, 0.2) is 429 Å². The van der Waals surface area contributed by atoms with Crippen LogP contribution in [-0.2, 0) is 5.41 Å². The molecule has 0 atom stereocenters. The Kier molecular flexibility index (Phi) is 15.0. The molecule has 556 valence electrons. The molecule has 5 heterocycles. The summed E-state index contributed by atoms with van der Waals surface area (Å²) in [5, 5.41) is 19.4. The minimum absolute atomic E-state index is 0.391. The maximum Gasteiger partial charge on any atom is 0.136 e. The fourth-order valence-corrected chi connectivity index (χ4v) is 20.8. The average molecular weight is 1520 g/mol. The highest BCUT2D eigenvalue weighted by molar-refractivity contribution is 6.25. The fourth-order valence-electron chi connectivity index (χ4n) is 20.8. The van der Waals surface area contributed by atoms with Crippen LogP contribution in [0.2, 0.25) is 0 Å². The molecular formula is C115H70N4O. The number of hydrogen-bond donors (Lipinski definition) is 0. The van der Waals surface area contributed by atoms with Gasteiger partial charge in [-0.2, -0.15) is 0 Å². The lowest BCUT2D eigenvalue weighted by Gasteiger charge is -2.30. The first-order chi connectivity index (χ1) is 59.5. The summed E-state index contributed by atoms with van der Waals surface area (Å²) < 4.78 is 11.1. The van der Waals surface area contributed by atoms with Crippen molar-refractivity contribution in [1.82, 2.24) is 19.1 Å². The van der Waals surface area contributed by atoms with Gasteiger partial charge in [-0.1, -0.05) is 303 Å². The highest BCUT2D eigenvalue weighted by atomic mass is 16.3. The molecule has 0 N–H and O–H groups in total. The molecule has 0 saturated heterocycles. The lowest BCUT2D eigenvalue weighted by atomic mass is 9.70. The molecule has 0 amide bonds. The van der Waals surface area contributed by atoms with Gasteiger partial charge in [0.1, 0.15) is 11.2 Å². The standard InChI is InChI=1S/C62H38N2.C53H32N2O/c1-2-16-42(17-3-1)64-58-29-15-11-21-47(58)52-36-40(32-35-59(52)64)60-48-22-4-6-24-50(48)61(51-25-7-5-23-49(51)60)41-31-34-57(63-38-41)39-30-33-46-45-20-10-14-28-55(45)62(56(46)37-39)53-26-12-8-18-43(53)44-19-9-13-27-54(44)62;1-2-14-38(15-3-1)55-48-21-11-10-16-39(48)44-30-36(23-26-49(44)55)52-40-17-6-8-19-42(40)53(43-20-9-7-18-41(43)52)37-22-25-47(54-32-37)35-24-27-50-45(29-35)46-28-33-12-4-5-13-34(33)31-51(46)56-50/h1-38H;1-32H. The molecule has 0 unspecified atom stereocenters. The molecule has 0 aliphatic heterocycles. The van der Waals surface area contributed by atoms with Crippen molar-refractivity contribution in [1.29, 1.82) is 0 Å². The molecule has 2 aliphatic carbocycles. The van der Waals surface area contributed by atoms with Gasteiger partial charge in [-0.25, -0.2) is 0 Å². The zero-order chi connectivity index (χ0) is 78.7. The number of benzene rings is 19. The van der Waals surface area contributed by atoms with Crippen molar-refractivity contribution in [3.05, 3.63) is 447 Å². The molecule has 26 rings (SSSR count). The predicted octanol–water partition coefficient (Wildman–Crippen LogP) is 30.4. The van der Waals surface area contributed by atoms with Gasteiger partial charge in [0.05, 0.1) is 38.9 Å². The summed E-state index contributed by atoms with van der Waals surface area (Å²) in [6, 6.07) is 150. The Hall–Kier alpha value is -15.8. The first-order valence-corrected chi connectivity index (χ1v) is 41.3. The maximum atomic E-state index is 6.29. The van der Waals surface area contributed by atoms with Crippen LogP contribution in [0.3, 0.4) is 0 Å². The van der Waals surface area contributed by atoms with E-state index in [9.17, 15) is 0 Å². The number of fused-ring (bicyclic) bond motifs is 24. The smallest absolute Gasteiger partial charge is 0.136 e. The molecule has 5 heteroatoms. The Morgan fingerprint density at radius 2 is 0.525 bits per heavy atom. The average Bonchev–Trinajstić information content (AvgIpc) is 1.50. The van der Waals surface area contributed by atoms with E-state index in [0.717, 1.165) is 67.0 Å². The lowest BCUT2D eigenvalue weighted by Crippen LogP contribution is -2.25. The van der Waals surface area contributed by atoms with E-state index in [1.165, 1.54) is 175 Å². The fraction of sp³-hybridized carbons (Fsp3) is 0.00870. The minimum Gasteiger partial charge on any atom is -0.456 e. The highest BCUT2D eigenvalue weighted by Crippen LogP contribution is 2.63. The topological polar surface area (TPSA) is 48.8 Å². The molecule has 2 aliphatic rings. The van der Waals surface area contributed by atoms with E-state index < -0.39 is 5.41 Å². The van der Waals surface area contributed by atoms with Gasteiger partial charge in [0.2, 0.25) is 0 Å². The molecule has 24 aromatic rings. The largest absolute Gasteiger partial charge is 0.456 e. The van der Waals surface area contributed by atoms with Gasteiger partial charge in [-0.3, -0.25) is 9.97 Å². The molecule has 5 nitrogen and oxygen atoms in total. The summed E-state index contributed by atoms with van der Waals surface area (Å²) in [6.07, 6.45) is 4.13. The monoisotopic (exact) mass is 1520 g/mol. The molecule has 5 aromatic heterocycles. The summed E-state index contributed by atoms with van der Waals surface area (Å²) >= 11 is 0. The third-order valence-electron chi connectivity index (χ3n) is 25.8. The molecule has 120 heavy (non-hydrogen) atoms. The summed E-state index contributed by atoms with van der Waals surface area (Å²) in [4.78, 5) is 10.4. The van der Waals surface area contributed by atoms with Crippen LogP contribution >= 0.6 is 0 Å². The zero-order valence-corrected chi connectivity index (χ0v) is 65.1. The first-order valence-electron chi connectivity index (χ1n) is 41.3. The van der Waals surface area contributed by atoms with E-state index in [4.69, 9.17) is 14.4 Å². The first kappa shape index (κ1) is 67.5. The van der Waals surface area contributed by atoms with Crippen molar-refractivity contribution in [3.63, 3.8) is 0 Å². The Morgan fingerprint density at radius 3 is 0.967 bits per heavy atom. The minimum atomic E-state index is -0.391. The van der Waals surface area contributed by atoms with Crippen LogP contribution in [0.5, 0.6) is 0 Å². The number of hydrogen-bond acceptors (Lipinski definition) is 3. The molecule has 0 bridgehead atoms. The van der Waals surface area contributed by atoms with E-state index in [1.807, 2.05) is 6.20 Å². The summed E-state index contributed by atoms with van der Waals surface area (Å²) in [5.74, 6) is 0. The van der Waals surface area contributed by atoms with Gasteiger partial charge < -0.3 is 13.6 Å². The van der Waals surface area contributed by atoms with Crippen molar-refractivity contribution in [2.75, 3.05) is 0 Å². The molecular weight excluding hydrogens is 1450 g/mol. The van der Waals surface area contributed by atoms with Crippen molar-refractivity contribution < 1.29 is 4.42 Å². The van der Waals surface area contributed by atoms with E-state index in [1.54, 1.807) is 0 Å². The summed E-state index contributed by atoms with van der Waals surface area (Å²) in [6.45, 7) is 0. The zero-order valence-electron chi connectivity index (χ0n) is 65.1. The molecule has 0 radical (unpaired) electrons. The molecule has 1 spiro atoms. The molecule has 19 aromatic carbocycles. The van der Waals surface area contributed by atoms with E-state index >= 15 is 0 Å². The highest BCUT2D eigenvalue weighted by Gasteiger charge is 2.51. The van der Waals surface area contributed by atoms with Crippen molar-refractivity contribution >= 4 is 119 Å². The van der Waals surface area contributed by atoms with Crippen LogP contribution in [-0.4, -0.2) is 19.1 Å². The number of furan rings is 1. The van der Waals surface area contributed by atoms with Gasteiger partial charge in [-0.15, -0.1) is 0 Å². The van der Waals surface area contributed by atoms with Gasteiger partial charge in [0, 0.05) is 78.3 Å². The number of nitrogens with zero attached hydrogens (tertiary/aromatic N) is 4. The third-order valence-corrected chi connectivity index (χ3v) is 25.8. The van der Waals surface area contributed by atoms with E-state index in [-0.39, 0.29) is 0 Å². The lowest BCUT2D eigenvalue weighted by molar-refractivity contribution is 0.669. The number of para-hydroxylation sites is 4. The Bertz CT molecular complexity index is 8220. The van der Waals surface area contributed by atoms with E-state index in [0.29, 0.717) is 0 Å². The Labute approximate surface area is 691 Å². The second-order valence-corrected chi connectivity index (χ2v) is 32.0. The van der Waals surface area contributed by atoms with E-state index in [2.05, 4.69) is 428 Å². The number of aromatic nitrogens is 4. The quantitative estimate of drug-likeness (QED) is 0.142. The third kappa shape index (κ3) is 10.1. The Morgan fingerprint density at radius 1 is 0.200 bits per heavy atom.